The Morgan fingerprint density at radius 1 is 1.69 bits per heavy atom. The summed E-state index contributed by atoms with van der Waals surface area (Å²) in [4.78, 5) is 21.5. The van der Waals surface area contributed by atoms with Gasteiger partial charge in [-0.2, -0.15) is 0 Å². The molecule has 1 fully saturated rings. The lowest BCUT2D eigenvalue weighted by molar-refractivity contribution is -0.153. The van der Waals surface area contributed by atoms with E-state index in [4.69, 9.17) is 9.84 Å². The monoisotopic (exact) mass is 186 g/mol. The normalized spacial score (nSPS) is 27.8. The summed E-state index contributed by atoms with van der Waals surface area (Å²) in [7, 11) is 0. The molecule has 1 saturated heterocycles. The van der Waals surface area contributed by atoms with E-state index in [9.17, 15) is 9.59 Å². The highest BCUT2D eigenvalue weighted by atomic mass is 16.6. The molecular weight excluding hydrogens is 172 g/mol. The molecule has 0 aromatic heterocycles. The van der Waals surface area contributed by atoms with E-state index in [0.717, 1.165) is 6.42 Å². The number of hydrogen-bond donors (Lipinski definition) is 1. The molecule has 1 rings (SSSR count). The van der Waals surface area contributed by atoms with Crippen molar-refractivity contribution in [1.29, 1.82) is 0 Å². The Morgan fingerprint density at radius 2 is 2.31 bits per heavy atom. The minimum Gasteiger partial charge on any atom is -0.481 e. The lowest BCUT2D eigenvalue weighted by Gasteiger charge is -2.10. The van der Waals surface area contributed by atoms with Crippen LogP contribution in [0.2, 0.25) is 0 Å². The Morgan fingerprint density at radius 3 is 2.69 bits per heavy atom. The van der Waals surface area contributed by atoms with Crippen molar-refractivity contribution >= 4 is 11.9 Å². The zero-order valence-electron chi connectivity index (χ0n) is 7.82. The molecule has 0 radical (unpaired) electrons. The van der Waals surface area contributed by atoms with Crippen LogP contribution in [-0.2, 0) is 14.3 Å². The number of cyclic esters (lactones) is 1. The number of aliphatic carboxylic acids is 1. The maximum atomic E-state index is 11.0. The minimum absolute atomic E-state index is 0.200. The van der Waals surface area contributed by atoms with Crippen molar-refractivity contribution in [2.75, 3.05) is 0 Å². The van der Waals surface area contributed by atoms with Gasteiger partial charge in [-0.3, -0.25) is 9.59 Å². The van der Waals surface area contributed by atoms with Crippen LogP contribution in [0.25, 0.3) is 0 Å². The lowest BCUT2D eigenvalue weighted by Crippen LogP contribution is -2.18. The van der Waals surface area contributed by atoms with Crippen molar-refractivity contribution < 1.29 is 19.4 Å². The molecule has 0 bridgehead atoms. The molecular formula is C9H14O4. The highest BCUT2D eigenvalue weighted by molar-refractivity contribution is 5.95. The number of carboxylic acids is 1. The Balaban J connectivity index is 2.50. The highest BCUT2D eigenvalue weighted by Gasteiger charge is 2.39. The maximum Gasteiger partial charge on any atom is 0.320 e. The van der Waals surface area contributed by atoms with Crippen LogP contribution in [0, 0.1) is 11.8 Å². The molecule has 13 heavy (non-hydrogen) atoms. The molecule has 1 aliphatic rings. The average Bonchev–Trinajstić information content (AvgIpc) is 2.29. The van der Waals surface area contributed by atoms with Gasteiger partial charge < -0.3 is 9.84 Å². The second-order valence-corrected chi connectivity index (χ2v) is 3.81. The van der Waals surface area contributed by atoms with E-state index in [1.807, 2.05) is 13.8 Å². The molecule has 1 aliphatic heterocycles. The summed E-state index contributed by atoms with van der Waals surface area (Å²) in [5, 5.41) is 8.63. The summed E-state index contributed by atoms with van der Waals surface area (Å²) in [5.41, 5.74) is 0. The molecule has 74 valence electrons. The third kappa shape index (κ3) is 2.44. The molecule has 0 amide bonds. The first kappa shape index (κ1) is 10.0. The summed E-state index contributed by atoms with van der Waals surface area (Å²) in [6.45, 7) is 4.03. The molecule has 2 unspecified atom stereocenters. The van der Waals surface area contributed by atoms with Crippen molar-refractivity contribution in [3.05, 3.63) is 0 Å². The quantitative estimate of drug-likeness (QED) is 0.528. The third-order valence-electron chi connectivity index (χ3n) is 2.10. The van der Waals surface area contributed by atoms with Gasteiger partial charge in [0, 0.05) is 6.42 Å². The van der Waals surface area contributed by atoms with Gasteiger partial charge in [-0.05, 0) is 12.3 Å². The van der Waals surface area contributed by atoms with Crippen LogP contribution in [0.3, 0.4) is 0 Å². The first-order valence-corrected chi connectivity index (χ1v) is 4.44. The van der Waals surface area contributed by atoms with E-state index in [0.29, 0.717) is 12.3 Å². The topological polar surface area (TPSA) is 63.6 Å². The van der Waals surface area contributed by atoms with Gasteiger partial charge in [0.2, 0.25) is 0 Å². The van der Waals surface area contributed by atoms with E-state index in [2.05, 4.69) is 0 Å². The standard InChI is InChI=1S/C9H14O4/c1-5(2)3-6-4-7(8(10)11)9(12)13-6/h5-7H,3-4H2,1-2H3,(H,10,11). The number of carbonyl (C=O) groups excluding carboxylic acids is 1. The van der Waals surface area contributed by atoms with Crippen LogP contribution in [0.5, 0.6) is 0 Å². The average molecular weight is 186 g/mol. The fraction of sp³-hybridized carbons (Fsp3) is 0.778. The van der Waals surface area contributed by atoms with Crippen LogP contribution < -0.4 is 0 Å². The zero-order chi connectivity index (χ0) is 10.0. The summed E-state index contributed by atoms with van der Waals surface area (Å²) in [5.74, 6) is -2.18. The molecule has 2 atom stereocenters. The van der Waals surface area contributed by atoms with Gasteiger partial charge in [-0.1, -0.05) is 13.8 Å². The number of carboxylic acid groups (broad SMARTS) is 1. The van der Waals surface area contributed by atoms with Gasteiger partial charge >= 0.3 is 11.9 Å². The Hall–Kier alpha value is -1.06. The molecule has 4 nitrogen and oxygen atoms in total. The van der Waals surface area contributed by atoms with Crippen LogP contribution in [-0.4, -0.2) is 23.1 Å². The Kier molecular flexibility index (Phi) is 2.90. The maximum absolute atomic E-state index is 11.0. The van der Waals surface area contributed by atoms with Gasteiger partial charge in [0.25, 0.3) is 0 Å². The fourth-order valence-electron chi connectivity index (χ4n) is 1.53. The summed E-state index contributed by atoms with van der Waals surface area (Å²) >= 11 is 0. The van der Waals surface area contributed by atoms with Gasteiger partial charge in [0.15, 0.2) is 5.92 Å². The number of hydrogen-bond acceptors (Lipinski definition) is 3. The predicted octanol–water partition coefficient (Wildman–Crippen LogP) is 1.05. The largest absolute Gasteiger partial charge is 0.481 e. The van der Waals surface area contributed by atoms with Gasteiger partial charge in [-0.25, -0.2) is 0 Å². The number of esters is 1. The molecule has 1 N–H and O–H groups in total. The van der Waals surface area contributed by atoms with Crippen LogP contribution in [0.1, 0.15) is 26.7 Å². The zero-order valence-corrected chi connectivity index (χ0v) is 7.82. The smallest absolute Gasteiger partial charge is 0.320 e. The van der Waals surface area contributed by atoms with Crippen molar-refractivity contribution in [2.24, 2.45) is 11.8 Å². The highest BCUT2D eigenvalue weighted by Crippen LogP contribution is 2.25. The van der Waals surface area contributed by atoms with Crippen molar-refractivity contribution in [3.63, 3.8) is 0 Å². The molecule has 1 heterocycles. The molecule has 0 aromatic carbocycles. The molecule has 4 heteroatoms. The van der Waals surface area contributed by atoms with Crippen LogP contribution in [0.4, 0.5) is 0 Å². The molecule has 0 aromatic rings. The molecule has 0 aliphatic carbocycles. The lowest BCUT2D eigenvalue weighted by atomic mass is 9.99. The van der Waals surface area contributed by atoms with Crippen molar-refractivity contribution in [3.8, 4) is 0 Å². The number of carbonyl (C=O) groups is 2. The first-order chi connectivity index (χ1) is 6.00. The van der Waals surface area contributed by atoms with E-state index in [-0.39, 0.29) is 6.10 Å². The Labute approximate surface area is 76.9 Å². The van der Waals surface area contributed by atoms with Crippen LogP contribution >= 0.6 is 0 Å². The van der Waals surface area contributed by atoms with Crippen molar-refractivity contribution in [2.45, 2.75) is 32.8 Å². The van der Waals surface area contributed by atoms with Crippen LogP contribution in [0.15, 0.2) is 0 Å². The summed E-state index contributed by atoms with van der Waals surface area (Å²) in [6.07, 6.45) is 0.871. The Bertz CT molecular complexity index is 222. The fourth-order valence-corrected chi connectivity index (χ4v) is 1.53. The first-order valence-electron chi connectivity index (χ1n) is 4.44. The second kappa shape index (κ2) is 3.77. The van der Waals surface area contributed by atoms with Gasteiger partial charge in [0.05, 0.1) is 0 Å². The van der Waals surface area contributed by atoms with E-state index in [1.165, 1.54) is 0 Å². The summed E-state index contributed by atoms with van der Waals surface area (Å²) in [6, 6.07) is 0. The summed E-state index contributed by atoms with van der Waals surface area (Å²) < 4.78 is 4.93. The second-order valence-electron chi connectivity index (χ2n) is 3.81. The molecule has 0 saturated carbocycles. The van der Waals surface area contributed by atoms with E-state index >= 15 is 0 Å². The van der Waals surface area contributed by atoms with Gasteiger partial charge in [-0.15, -0.1) is 0 Å². The van der Waals surface area contributed by atoms with Gasteiger partial charge in [0.1, 0.15) is 6.10 Å². The van der Waals surface area contributed by atoms with E-state index < -0.39 is 17.9 Å². The number of rotatable bonds is 3. The predicted molar refractivity (Wildman–Crippen MR) is 45.1 cm³/mol. The van der Waals surface area contributed by atoms with Crippen molar-refractivity contribution in [1.82, 2.24) is 0 Å². The number of ether oxygens (including phenoxy) is 1. The third-order valence-corrected chi connectivity index (χ3v) is 2.10. The SMILES string of the molecule is CC(C)CC1CC(C(=O)O)C(=O)O1. The minimum atomic E-state index is -1.07. The molecule has 0 spiro atoms. The van der Waals surface area contributed by atoms with E-state index in [1.54, 1.807) is 0 Å².